The highest BCUT2D eigenvalue weighted by atomic mass is 35.5. The number of ether oxygens (including phenoxy) is 1. The Morgan fingerprint density at radius 2 is 2.09 bits per heavy atom. The van der Waals surface area contributed by atoms with Gasteiger partial charge in [0.15, 0.2) is 5.69 Å². The summed E-state index contributed by atoms with van der Waals surface area (Å²) in [4.78, 5) is 11.9. The molecule has 1 saturated heterocycles. The van der Waals surface area contributed by atoms with Crippen molar-refractivity contribution in [3.63, 3.8) is 0 Å². The molecular formula is C15H14Cl2N4O2. The highest BCUT2D eigenvalue weighted by Gasteiger charge is 2.18. The van der Waals surface area contributed by atoms with Crippen molar-refractivity contribution in [2.75, 3.05) is 19.6 Å². The number of rotatable bonds is 5. The zero-order chi connectivity index (χ0) is 16.2. The summed E-state index contributed by atoms with van der Waals surface area (Å²) in [5, 5.41) is 14.4. The molecular weight excluding hydrogens is 339 g/mol. The van der Waals surface area contributed by atoms with Crippen molar-refractivity contribution in [1.29, 1.82) is 0 Å². The fourth-order valence-electron chi connectivity index (χ4n) is 1.99. The summed E-state index contributed by atoms with van der Waals surface area (Å²) in [5.41, 5.74) is 0.238. The molecule has 1 aliphatic rings. The van der Waals surface area contributed by atoms with E-state index in [0.29, 0.717) is 28.3 Å². The molecule has 1 amide bonds. The molecule has 1 aromatic heterocycles. The van der Waals surface area contributed by atoms with Gasteiger partial charge in [0.1, 0.15) is 10.8 Å². The highest BCUT2D eigenvalue weighted by Crippen LogP contribution is 2.33. The van der Waals surface area contributed by atoms with Crippen LogP contribution in [0.1, 0.15) is 10.5 Å². The molecule has 0 bridgehead atoms. The topological polar surface area (TPSA) is 76.1 Å². The quantitative estimate of drug-likeness (QED) is 0.864. The van der Waals surface area contributed by atoms with E-state index in [-0.39, 0.29) is 17.5 Å². The maximum atomic E-state index is 11.9. The standard InChI is InChI=1S/C15H14Cl2N4O2/c16-10-2-1-3-12(14(10)17)23-13-5-4-11(20-21-13)15(22)19-8-9-6-18-7-9/h1-5,9,18H,6-8H2,(H,19,22). The summed E-state index contributed by atoms with van der Waals surface area (Å²) in [6.45, 7) is 2.49. The maximum absolute atomic E-state index is 11.9. The third-order valence-electron chi connectivity index (χ3n) is 3.42. The minimum Gasteiger partial charge on any atom is -0.436 e. The van der Waals surface area contributed by atoms with Crippen LogP contribution in [0.2, 0.25) is 10.0 Å². The van der Waals surface area contributed by atoms with Gasteiger partial charge in [-0.05, 0) is 18.2 Å². The van der Waals surface area contributed by atoms with Crippen molar-refractivity contribution >= 4 is 29.1 Å². The minimum absolute atomic E-state index is 0.230. The van der Waals surface area contributed by atoms with Crippen LogP contribution in [0.25, 0.3) is 0 Å². The number of amides is 1. The van der Waals surface area contributed by atoms with Crippen molar-refractivity contribution in [3.8, 4) is 11.6 Å². The van der Waals surface area contributed by atoms with Gasteiger partial charge < -0.3 is 15.4 Å². The molecule has 1 fully saturated rings. The van der Waals surface area contributed by atoms with Crippen molar-refractivity contribution < 1.29 is 9.53 Å². The van der Waals surface area contributed by atoms with Gasteiger partial charge in [-0.2, -0.15) is 0 Å². The van der Waals surface area contributed by atoms with Gasteiger partial charge in [0, 0.05) is 31.6 Å². The van der Waals surface area contributed by atoms with Crippen molar-refractivity contribution in [3.05, 3.63) is 46.1 Å². The van der Waals surface area contributed by atoms with Crippen molar-refractivity contribution in [1.82, 2.24) is 20.8 Å². The molecule has 2 N–H and O–H groups in total. The molecule has 23 heavy (non-hydrogen) atoms. The van der Waals surface area contributed by atoms with E-state index in [1.54, 1.807) is 30.3 Å². The van der Waals surface area contributed by atoms with Crippen LogP contribution >= 0.6 is 23.2 Å². The largest absolute Gasteiger partial charge is 0.436 e. The number of hydrogen-bond donors (Lipinski definition) is 2. The van der Waals surface area contributed by atoms with Crippen LogP contribution in [0, 0.1) is 5.92 Å². The number of hydrogen-bond acceptors (Lipinski definition) is 5. The molecule has 3 rings (SSSR count). The van der Waals surface area contributed by atoms with E-state index in [4.69, 9.17) is 27.9 Å². The molecule has 2 aromatic rings. The van der Waals surface area contributed by atoms with Gasteiger partial charge in [-0.3, -0.25) is 4.79 Å². The van der Waals surface area contributed by atoms with E-state index in [2.05, 4.69) is 20.8 Å². The minimum atomic E-state index is -0.253. The molecule has 1 aromatic carbocycles. The summed E-state index contributed by atoms with van der Waals surface area (Å²) in [6, 6.07) is 8.16. The monoisotopic (exact) mass is 352 g/mol. The van der Waals surface area contributed by atoms with E-state index in [0.717, 1.165) is 13.1 Å². The average Bonchev–Trinajstić information content (AvgIpc) is 2.51. The summed E-state index contributed by atoms with van der Waals surface area (Å²) >= 11 is 12.0. The van der Waals surface area contributed by atoms with Gasteiger partial charge in [0.05, 0.1) is 5.02 Å². The molecule has 2 heterocycles. The first kappa shape index (κ1) is 16.0. The van der Waals surface area contributed by atoms with Crippen LogP contribution in [-0.2, 0) is 0 Å². The normalized spacial score (nSPS) is 14.2. The molecule has 0 radical (unpaired) electrons. The highest BCUT2D eigenvalue weighted by molar-refractivity contribution is 6.42. The van der Waals surface area contributed by atoms with Crippen LogP contribution in [-0.4, -0.2) is 35.7 Å². The van der Waals surface area contributed by atoms with Gasteiger partial charge in [-0.1, -0.05) is 29.3 Å². The molecule has 0 aliphatic carbocycles. The number of nitrogens with zero attached hydrogens (tertiary/aromatic N) is 2. The first-order valence-corrected chi connectivity index (χ1v) is 7.83. The van der Waals surface area contributed by atoms with Crippen LogP contribution in [0.15, 0.2) is 30.3 Å². The van der Waals surface area contributed by atoms with E-state index in [9.17, 15) is 4.79 Å². The molecule has 0 unspecified atom stereocenters. The lowest BCUT2D eigenvalue weighted by Gasteiger charge is -2.26. The van der Waals surface area contributed by atoms with Gasteiger partial charge in [0.25, 0.3) is 5.91 Å². The lowest BCUT2D eigenvalue weighted by molar-refractivity contribution is 0.0936. The number of carbonyl (C=O) groups excluding carboxylic acids is 1. The van der Waals surface area contributed by atoms with E-state index < -0.39 is 0 Å². The molecule has 0 saturated carbocycles. The van der Waals surface area contributed by atoms with E-state index >= 15 is 0 Å². The predicted molar refractivity (Wildman–Crippen MR) is 87.3 cm³/mol. The van der Waals surface area contributed by atoms with Crippen molar-refractivity contribution in [2.45, 2.75) is 0 Å². The molecule has 1 aliphatic heterocycles. The number of halogens is 2. The second kappa shape index (κ2) is 7.12. The number of carbonyl (C=O) groups is 1. The fourth-order valence-corrected chi connectivity index (χ4v) is 2.32. The van der Waals surface area contributed by atoms with E-state index in [1.807, 2.05) is 0 Å². The first-order chi connectivity index (χ1) is 11.1. The second-order valence-corrected chi connectivity index (χ2v) is 5.93. The summed E-state index contributed by atoms with van der Waals surface area (Å²) < 4.78 is 5.52. The van der Waals surface area contributed by atoms with Crippen LogP contribution in [0.3, 0.4) is 0 Å². The number of aromatic nitrogens is 2. The molecule has 0 atom stereocenters. The summed E-state index contributed by atoms with van der Waals surface area (Å²) in [7, 11) is 0. The third kappa shape index (κ3) is 3.90. The van der Waals surface area contributed by atoms with Crippen LogP contribution < -0.4 is 15.4 Å². The Labute approximate surface area is 143 Å². The SMILES string of the molecule is O=C(NCC1CNC1)c1ccc(Oc2cccc(Cl)c2Cl)nn1. The average molecular weight is 353 g/mol. The Bertz CT molecular complexity index is 705. The Balaban J connectivity index is 1.62. The van der Waals surface area contributed by atoms with Crippen LogP contribution in [0.5, 0.6) is 11.6 Å². The third-order valence-corrected chi connectivity index (χ3v) is 4.22. The molecule has 8 heteroatoms. The van der Waals surface area contributed by atoms with Gasteiger partial charge in [-0.15, -0.1) is 10.2 Å². The predicted octanol–water partition coefficient (Wildman–Crippen LogP) is 2.52. The maximum Gasteiger partial charge on any atom is 0.271 e. The zero-order valence-electron chi connectivity index (χ0n) is 12.1. The lowest BCUT2D eigenvalue weighted by atomic mass is 10.0. The Kier molecular flexibility index (Phi) is 4.95. The molecule has 120 valence electrons. The second-order valence-electron chi connectivity index (χ2n) is 5.15. The lowest BCUT2D eigenvalue weighted by Crippen LogP contribution is -2.48. The molecule has 6 nitrogen and oxygen atoms in total. The number of nitrogens with one attached hydrogen (secondary N) is 2. The molecule has 0 spiro atoms. The van der Waals surface area contributed by atoms with Crippen LogP contribution in [0.4, 0.5) is 0 Å². The fraction of sp³-hybridized carbons (Fsp3) is 0.267. The summed E-state index contributed by atoms with van der Waals surface area (Å²) in [6.07, 6.45) is 0. The van der Waals surface area contributed by atoms with Gasteiger partial charge >= 0.3 is 0 Å². The summed E-state index contributed by atoms with van der Waals surface area (Å²) in [5.74, 6) is 0.841. The Morgan fingerprint density at radius 3 is 2.74 bits per heavy atom. The number of benzene rings is 1. The van der Waals surface area contributed by atoms with Crippen molar-refractivity contribution in [2.24, 2.45) is 5.92 Å². The smallest absolute Gasteiger partial charge is 0.271 e. The van der Waals surface area contributed by atoms with Gasteiger partial charge in [-0.25, -0.2) is 0 Å². The Morgan fingerprint density at radius 1 is 1.26 bits per heavy atom. The van der Waals surface area contributed by atoms with E-state index in [1.165, 1.54) is 0 Å². The Hall–Kier alpha value is -1.89. The van der Waals surface area contributed by atoms with Gasteiger partial charge in [0.2, 0.25) is 5.88 Å². The zero-order valence-corrected chi connectivity index (χ0v) is 13.6. The first-order valence-electron chi connectivity index (χ1n) is 7.08.